The van der Waals surface area contributed by atoms with Gasteiger partial charge in [-0.05, 0) is 30.9 Å². The van der Waals surface area contributed by atoms with E-state index in [0.717, 1.165) is 9.56 Å². The molecular weight excluding hydrogens is 316 g/mol. The van der Waals surface area contributed by atoms with Crippen molar-refractivity contribution in [2.45, 2.75) is 19.4 Å². The molecule has 0 aliphatic heterocycles. The van der Waals surface area contributed by atoms with Crippen LogP contribution in [0.4, 0.5) is 5.69 Å². The fourth-order valence-corrected chi connectivity index (χ4v) is 2.71. The van der Waals surface area contributed by atoms with Gasteiger partial charge in [-0.2, -0.15) is 5.10 Å². The smallest absolute Gasteiger partial charge is 0.290 e. The zero-order valence-corrected chi connectivity index (χ0v) is 13.9. The van der Waals surface area contributed by atoms with Crippen LogP contribution in [0.5, 0.6) is 0 Å². The summed E-state index contributed by atoms with van der Waals surface area (Å²) in [4.78, 5) is 25.3. The third-order valence-corrected chi connectivity index (χ3v) is 4.20. The first-order valence-corrected chi connectivity index (χ1v) is 8.12. The fraction of sp³-hybridized carbons (Fsp3) is 0.400. The SMILES string of the molecule is COCCCNC(=O)C(C)n1nc(-c2cccs2)cc(N)c1=O. The number of carbonyl (C=O) groups is 1. The summed E-state index contributed by atoms with van der Waals surface area (Å²) in [6.45, 7) is 2.66. The highest BCUT2D eigenvalue weighted by molar-refractivity contribution is 7.13. The van der Waals surface area contributed by atoms with Crippen LogP contribution in [-0.4, -0.2) is 35.9 Å². The van der Waals surface area contributed by atoms with Crippen LogP contribution in [-0.2, 0) is 9.53 Å². The van der Waals surface area contributed by atoms with Crippen molar-refractivity contribution >= 4 is 22.9 Å². The number of nitrogens with two attached hydrogens (primary N) is 1. The highest BCUT2D eigenvalue weighted by Gasteiger charge is 2.19. The van der Waals surface area contributed by atoms with Gasteiger partial charge in [-0.15, -0.1) is 11.3 Å². The molecule has 0 aliphatic carbocycles. The van der Waals surface area contributed by atoms with Gasteiger partial charge in [0.25, 0.3) is 5.56 Å². The molecule has 0 bridgehead atoms. The Morgan fingerprint density at radius 3 is 3.00 bits per heavy atom. The number of carbonyl (C=O) groups excluding carboxylic acids is 1. The number of nitrogen functional groups attached to an aromatic ring is 1. The quantitative estimate of drug-likeness (QED) is 0.742. The minimum atomic E-state index is -0.743. The van der Waals surface area contributed by atoms with Gasteiger partial charge in [-0.25, -0.2) is 4.68 Å². The molecule has 1 unspecified atom stereocenters. The van der Waals surface area contributed by atoms with Crippen molar-refractivity contribution in [1.82, 2.24) is 15.1 Å². The lowest BCUT2D eigenvalue weighted by Crippen LogP contribution is -2.38. The number of anilines is 1. The maximum Gasteiger partial charge on any atom is 0.290 e. The van der Waals surface area contributed by atoms with Crippen LogP contribution in [0.1, 0.15) is 19.4 Å². The van der Waals surface area contributed by atoms with Gasteiger partial charge < -0.3 is 15.8 Å². The predicted molar refractivity (Wildman–Crippen MR) is 90.4 cm³/mol. The number of nitrogens with one attached hydrogen (secondary N) is 1. The zero-order valence-electron chi connectivity index (χ0n) is 13.1. The summed E-state index contributed by atoms with van der Waals surface area (Å²) in [5.74, 6) is -0.279. The van der Waals surface area contributed by atoms with Gasteiger partial charge in [0.2, 0.25) is 5.91 Å². The van der Waals surface area contributed by atoms with Gasteiger partial charge in [-0.1, -0.05) is 6.07 Å². The highest BCUT2D eigenvalue weighted by Crippen LogP contribution is 2.23. The molecule has 0 aromatic carbocycles. The molecule has 2 aromatic rings. The Bertz CT molecular complexity index is 712. The van der Waals surface area contributed by atoms with Crippen LogP contribution in [0.3, 0.4) is 0 Å². The lowest BCUT2D eigenvalue weighted by atomic mass is 10.2. The van der Waals surface area contributed by atoms with E-state index in [0.29, 0.717) is 25.3 Å². The fourth-order valence-electron chi connectivity index (χ4n) is 2.03. The lowest BCUT2D eigenvalue weighted by molar-refractivity contribution is -0.124. The van der Waals surface area contributed by atoms with E-state index in [4.69, 9.17) is 10.5 Å². The molecule has 23 heavy (non-hydrogen) atoms. The molecule has 2 heterocycles. The van der Waals surface area contributed by atoms with Crippen molar-refractivity contribution in [3.63, 3.8) is 0 Å². The maximum atomic E-state index is 12.2. The largest absolute Gasteiger partial charge is 0.394 e. The first-order valence-electron chi connectivity index (χ1n) is 7.24. The number of ether oxygens (including phenoxy) is 1. The van der Waals surface area contributed by atoms with Gasteiger partial charge in [-0.3, -0.25) is 9.59 Å². The molecule has 1 amide bonds. The number of rotatable bonds is 7. The molecule has 8 heteroatoms. The second-order valence-electron chi connectivity index (χ2n) is 5.03. The van der Waals surface area contributed by atoms with E-state index >= 15 is 0 Å². The molecule has 0 fully saturated rings. The molecule has 124 valence electrons. The molecule has 3 N–H and O–H groups in total. The standard InChI is InChI=1S/C15H20N4O3S/c1-10(14(20)17-6-4-7-22-2)19-15(21)11(16)9-12(18-19)13-5-3-8-23-13/h3,5,8-10H,4,6-7,16H2,1-2H3,(H,17,20). The molecule has 1 atom stereocenters. The number of aromatic nitrogens is 2. The number of amides is 1. The topological polar surface area (TPSA) is 99.2 Å². The van der Waals surface area contributed by atoms with Gasteiger partial charge in [0, 0.05) is 20.3 Å². The molecule has 0 radical (unpaired) electrons. The summed E-state index contributed by atoms with van der Waals surface area (Å²) in [5, 5.41) is 8.96. The molecule has 2 aromatic heterocycles. The van der Waals surface area contributed by atoms with Crippen LogP contribution in [0, 0.1) is 0 Å². The molecule has 2 rings (SSSR count). The van der Waals surface area contributed by atoms with E-state index in [1.807, 2.05) is 17.5 Å². The summed E-state index contributed by atoms with van der Waals surface area (Å²) in [6, 6.07) is 4.57. The number of methoxy groups -OCH3 is 1. The summed E-state index contributed by atoms with van der Waals surface area (Å²) in [6.07, 6.45) is 0.703. The van der Waals surface area contributed by atoms with Crippen LogP contribution in [0.15, 0.2) is 28.4 Å². The van der Waals surface area contributed by atoms with E-state index in [1.165, 1.54) is 17.4 Å². The second kappa shape index (κ2) is 7.89. The van der Waals surface area contributed by atoms with Crippen molar-refractivity contribution in [3.8, 4) is 10.6 Å². The minimum Gasteiger partial charge on any atom is -0.394 e. The van der Waals surface area contributed by atoms with E-state index in [2.05, 4.69) is 10.4 Å². The highest BCUT2D eigenvalue weighted by atomic mass is 32.1. The maximum absolute atomic E-state index is 12.2. The molecule has 7 nitrogen and oxygen atoms in total. The average Bonchev–Trinajstić information content (AvgIpc) is 3.07. The zero-order chi connectivity index (χ0) is 16.8. The number of thiophene rings is 1. The normalized spacial score (nSPS) is 12.1. The van der Waals surface area contributed by atoms with Crippen molar-refractivity contribution in [1.29, 1.82) is 0 Å². The Labute approximate surface area is 138 Å². The molecular formula is C15H20N4O3S. The van der Waals surface area contributed by atoms with Crippen molar-refractivity contribution in [2.75, 3.05) is 26.0 Å². The Hall–Kier alpha value is -2.19. The van der Waals surface area contributed by atoms with E-state index in [1.54, 1.807) is 14.0 Å². The summed E-state index contributed by atoms with van der Waals surface area (Å²) < 4.78 is 6.06. The Morgan fingerprint density at radius 2 is 2.35 bits per heavy atom. The Kier molecular flexibility index (Phi) is 5.89. The average molecular weight is 336 g/mol. The van der Waals surface area contributed by atoms with Crippen molar-refractivity contribution in [3.05, 3.63) is 33.9 Å². The van der Waals surface area contributed by atoms with Crippen LogP contribution in [0.25, 0.3) is 10.6 Å². The molecule has 0 saturated carbocycles. The van der Waals surface area contributed by atoms with Gasteiger partial charge in [0.15, 0.2) is 0 Å². The third-order valence-electron chi connectivity index (χ3n) is 3.31. The van der Waals surface area contributed by atoms with Crippen molar-refractivity contribution in [2.24, 2.45) is 0 Å². The van der Waals surface area contributed by atoms with Gasteiger partial charge >= 0.3 is 0 Å². The number of hydrogen-bond donors (Lipinski definition) is 2. The second-order valence-corrected chi connectivity index (χ2v) is 5.97. The van der Waals surface area contributed by atoms with E-state index in [9.17, 15) is 9.59 Å². The van der Waals surface area contributed by atoms with Gasteiger partial charge in [0.05, 0.1) is 4.88 Å². The Morgan fingerprint density at radius 1 is 1.57 bits per heavy atom. The summed E-state index contributed by atoms with van der Waals surface area (Å²) in [7, 11) is 1.60. The third kappa shape index (κ3) is 4.17. The number of hydrogen-bond acceptors (Lipinski definition) is 6. The molecule has 0 aliphatic rings. The first-order chi connectivity index (χ1) is 11.0. The summed E-state index contributed by atoms with van der Waals surface area (Å²) >= 11 is 1.49. The Balaban J connectivity index is 2.20. The van der Waals surface area contributed by atoms with Crippen LogP contribution < -0.4 is 16.6 Å². The molecule has 0 saturated heterocycles. The lowest BCUT2D eigenvalue weighted by Gasteiger charge is -2.15. The van der Waals surface area contributed by atoms with E-state index < -0.39 is 11.6 Å². The van der Waals surface area contributed by atoms with Crippen LogP contribution >= 0.6 is 11.3 Å². The monoisotopic (exact) mass is 336 g/mol. The number of nitrogens with zero attached hydrogens (tertiary/aromatic N) is 2. The first kappa shape index (κ1) is 17.2. The molecule has 0 spiro atoms. The minimum absolute atomic E-state index is 0.0717. The van der Waals surface area contributed by atoms with Crippen LogP contribution in [0.2, 0.25) is 0 Å². The van der Waals surface area contributed by atoms with Crippen molar-refractivity contribution < 1.29 is 9.53 Å². The summed E-state index contributed by atoms with van der Waals surface area (Å²) in [5.41, 5.74) is 5.97. The predicted octanol–water partition coefficient (Wildman–Crippen LogP) is 1.27. The van der Waals surface area contributed by atoms with E-state index in [-0.39, 0.29) is 11.6 Å². The van der Waals surface area contributed by atoms with Gasteiger partial charge in [0.1, 0.15) is 17.4 Å².